The van der Waals surface area contributed by atoms with E-state index in [2.05, 4.69) is 5.32 Å². The van der Waals surface area contributed by atoms with Crippen LogP contribution in [-0.2, 0) is 6.18 Å². The first-order chi connectivity index (χ1) is 9.80. The first-order valence-electron chi connectivity index (χ1n) is 6.58. The first kappa shape index (κ1) is 13.9. The molecule has 2 atom stereocenters. The molecule has 2 heterocycles. The van der Waals surface area contributed by atoms with E-state index in [1.165, 1.54) is 0 Å². The number of pyridine rings is 1. The molecular formula is C12H12F3N3O3. The van der Waals surface area contributed by atoms with Gasteiger partial charge in [-0.3, -0.25) is 19.5 Å². The lowest BCUT2D eigenvalue weighted by atomic mass is 9.91. The zero-order valence-corrected chi connectivity index (χ0v) is 10.8. The molecule has 0 aromatic carbocycles. The number of halogens is 3. The second-order valence-electron chi connectivity index (χ2n) is 5.32. The molecular weight excluding hydrogens is 291 g/mol. The third-order valence-electron chi connectivity index (χ3n) is 4.10. The highest BCUT2D eigenvalue weighted by Gasteiger charge is 2.46. The Bertz CT molecular complexity index is 668. The van der Waals surface area contributed by atoms with Crippen LogP contribution in [0.2, 0.25) is 0 Å². The van der Waals surface area contributed by atoms with Gasteiger partial charge in [0.25, 0.3) is 5.56 Å². The Morgan fingerprint density at radius 1 is 1.33 bits per heavy atom. The number of hydrogen-bond acceptors (Lipinski definition) is 4. The summed E-state index contributed by atoms with van der Waals surface area (Å²) in [5.74, 6) is -0.309. The highest BCUT2D eigenvalue weighted by molar-refractivity contribution is 5.65. The van der Waals surface area contributed by atoms with Gasteiger partial charge in [0.05, 0.1) is 11.0 Å². The van der Waals surface area contributed by atoms with E-state index >= 15 is 0 Å². The quantitative estimate of drug-likeness (QED) is 0.639. The number of fused-ring (bicyclic) bond motifs is 3. The van der Waals surface area contributed by atoms with Gasteiger partial charge in [-0.05, 0) is 12.8 Å². The lowest BCUT2D eigenvalue weighted by Gasteiger charge is -2.25. The molecule has 0 radical (unpaired) electrons. The largest absolute Gasteiger partial charge is 0.423 e. The van der Waals surface area contributed by atoms with Crippen molar-refractivity contribution in [2.24, 2.45) is 0 Å². The van der Waals surface area contributed by atoms with Crippen LogP contribution < -0.4 is 10.9 Å². The van der Waals surface area contributed by atoms with Gasteiger partial charge in [-0.25, -0.2) is 0 Å². The van der Waals surface area contributed by atoms with E-state index in [1.807, 2.05) is 0 Å². The molecule has 1 N–H and O–H groups in total. The van der Waals surface area contributed by atoms with E-state index in [0.29, 0.717) is 18.9 Å². The van der Waals surface area contributed by atoms with Crippen molar-refractivity contribution >= 4 is 11.5 Å². The summed E-state index contributed by atoms with van der Waals surface area (Å²) in [7, 11) is 0. The zero-order valence-electron chi connectivity index (χ0n) is 10.8. The lowest BCUT2D eigenvalue weighted by molar-refractivity contribution is -0.387. The number of nitro groups is 1. The van der Waals surface area contributed by atoms with E-state index in [1.54, 1.807) is 0 Å². The second-order valence-corrected chi connectivity index (χ2v) is 5.32. The normalized spacial score (nSPS) is 24.1. The van der Waals surface area contributed by atoms with Crippen molar-refractivity contribution in [3.8, 4) is 0 Å². The highest BCUT2D eigenvalue weighted by Crippen LogP contribution is 2.45. The third-order valence-corrected chi connectivity index (χ3v) is 4.10. The molecule has 9 heteroatoms. The van der Waals surface area contributed by atoms with Gasteiger partial charge in [0.2, 0.25) is 0 Å². The van der Waals surface area contributed by atoms with E-state index in [-0.39, 0.29) is 17.9 Å². The van der Waals surface area contributed by atoms with E-state index in [9.17, 15) is 28.1 Å². The van der Waals surface area contributed by atoms with Gasteiger partial charge >= 0.3 is 11.9 Å². The molecule has 0 amide bonds. The van der Waals surface area contributed by atoms with Crippen LogP contribution in [0.4, 0.5) is 24.7 Å². The number of aromatic nitrogens is 1. The van der Waals surface area contributed by atoms with Crippen LogP contribution in [0.1, 0.15) is 37.3 Å². The number of anilines is 1. The Hall–Kier alpha value is -2.06. The summed E-state index contributed by atoms with van der Waals surface area (Å²) in [6.45, 7) is 0. The van der Waals surface area contributed by atoms with Gasteiger partial charge in [-0.2, -0.15) is 13.2 Å². The summed E-state index contributed by atoms with van der Waals surface area (Å²) < 4.78 is 40.0. The fourth-order valence-electron chi connectivity index (χ4n) is 3.25. The summed E-state index contributed by atoms with van der Waals surface area (Å²) in [6.07, 6.45) is -1.88. The molecule has 0 unspecified atom stereocenters. The van der Waals surface area contributed by atoms with Crippen molar-refractivity contribution < 1.29 is 18.1 Å². The molecule has 0 saturated heterocycles. The number of hydrogen-bond donors (Lipinski definition) is 1. The molecule has 1 fully saturated rings. The molecule has 1 saturated carbocycles. The molecule has 114 valence electrons. The Morgan fingerprint density at radius 3 is 2.62 bits per heavy atom. The molecule has 1 aromatic rings. The third kappa shape index (κ3) is 2.07. The summed E-state index contributed by atoms with van der Waals surface area (Å²) >= 11 is 0. The predicted octanol–water partition coefficient (Wildman–Crippen LogP) is 2.68. The van der Waals surface area contributed by atoms with Crippen LogP contribution >= 0.6 is 0 Å². The first-order valence-corrected chi connectivity index (χ1v) is 6.58. The van der Waals surface area contributed by atoms with Crippen LogP contribution in [0.5, 0.6) is 0 Å². The molecule has 0 spiro atoms. The van der Waals surface area contributed by atoms with Gasteiger partial charge in [0.1, 0.15) is 5.56 Å². The Balaban J connectivity index is 2.26. The summed E-state index contributed by atoms with van der Waals surface area (Å²) in [5, 5.41) is 13.9. The monoisotopic (exact) mass is 303 g/mol. The van der Waals surface area contributed by atoms with Gasteiger partial charge in [-0.15, -0.1) is 0 Å². The Kier molecular flexibility index (Phi) is 2.96. The second kappa shape index (κ2) is 4.47. The van der Waals surface area contributed by atoms with E-state index in [0.717, 1.165) is 17.4 Å². The maximum absolute atomic E-state index is 12.9. The van der Waals surface area contributed by atoms with E-state index in [4.69, 9.17) is 0 Å². The SMILES string of the molecule is O=c1cc(C(F)(F)F)c([N+](=O)[O-])c2n1[C@H]1CCCC[C@@H]1N2. The van der Waals surface area contributed by atoms with Gasteiger partial charge < -0.3 is 5.32 Å². The number of nitrogens with one attached hydrogen (secondary N) is 1. The average molecular weight is 303 g/mol. The van der Waals surface area contributed by atoms with Crippen molar-refractivity contribution in [2.45, 2.75) is 43.9 Å². The van der Waals surface area contributed by atoms with Gasteiger partial charge in [0, 0.05) is 12.1 Å². The lowest BCUT2D eigenvalue weighted by Crippen LogP contribution is -2.30. The highest BCUT2D eigenvalue weighted by atomic mass is 19.4. The number of rotatable bonds is 1. The molecule has 3 rings (SSSR count). The van der Waals surface area contributed by atoms with Crippen molar-refractivity contribution in [1.29, 1.82) is 0 Å². The summed E-state index contributed by atoms with van der Waals surface area (Å²) in [5.41, 5.74) is -3.39. The predicted molar refractivity (Wildman–Crippen MR) is 67.3 cm³/mol. The van der Waals surface area contributed by atoms with Crippen LogP contribution in [-0.4, -0.2) is 15.5 Å². The molecule has 2 aliphatic rings. The topological polar surface area (TPSA) is 77.2 Å². The van der Waals surface area contributed by atoms with E-state index < -0.39 is 27.9 Å². The van der Waals surface area contributed by atoms with Gasteiger partial charge in [0.15, 0.2) is 5.82 Å². The fraction of sp³-hybridized carbons (Fsp3) is 0.583. The van der Waals surface area contributed by atoms with Crippen molar-refractivity contribution in [2.75, 3.05) is 5.32 Å². The van der Waals surface area contributed by atoms with Crippen LogP contribution in [0.25, 0.3) is 0 Å². The molecule has 21 heavy (non-hydrogen) atoms. The minimum atomic E-state index is -4.94. The van der Waals surface area contributed by atoms with Crippen LogP contribution in [0, 0.1) is 10.1 Å². The Morgan fingerprint density at radius 2 is 2.00 bits per heavy atom. The average Bonchev–Trinajstić information content (AvgIpc) is 2.76. The van der Waals surface area contributed by atoms with Crippen LogP contribution in [0.3, 0.4) is 0 Å². The molecule has 0 bridgehead atoms. The smallest absolute Gasteiger partial charge is 0.361 e. The fourth-order valence-corrected chi connectivity index (χ4v) is 3.25. The standard InChI is InChI=1S/C12H12F3N3O3/c13-12(14,15)6-5-9(19)17-8-4-2-1-3-7(8)16-11(17)10(6)18(20)21/h5,7-8,16H,1-4H2/t7-,8-/m0/s1. The molecule has 1 aliphatic heterocycles. The summed E-state index contributed by atoms with van der Waals surface area (Å²) in [4.78, 5) is 22.0. The maximum atomic E-state index is 12.9. The zero-order chi connectivity index (χ0) is 15.4. The van der Waals surface area contributed by atoms with Crippen molar-refractivity contribution in [1.82, 2.24) is 4.57 Å². The minimum Gasteiger partial charge on any atom is -0.361 e. The van der Waals surface area contributed by atoms with Gasteiger partial charge in [-0.1, -0.05) is 12.8 Å². The van der Waals surface area contributed by atoms with Crippen molar-refractivity contribution in [3.63, 3.8) is 0 Å². The molecule has 6 nitrogen and oxygen atoms in total. The Labute approximate surface area is 116 Å². The number of alkyl halides is 3. The number of nitrogens with zero attached hydrogens (tertiary/aromatic N) is 2. The summed E-state index contributed by atoms with van der Waals surface area (Å²) in [6, 6.07) is -0.184. The van der Waals surface area contributed by atoms with Crippen LogP contribution in [0.15, 0.2) is 10.9 Å². The maximum Gasteiger partial charge on any atom is 0.423 e. The minimum absolute atomic E-state index is 0.214. The van der Waals surface area contributed by atoms with Crippen molar-refractivity contribution in [3.05, 3.63) is 32.1 Å². The molecule has 1 aromatic heterocycles. The molecule has 1 aliphatic carbocycles.